The molecule has 0 aliphatic carbocycles. The van der Waals surface area contributed by atoms with Gasteiger partial charge in [-0.3, -0.25) is 15.0 Å². The Hall–Kier alpha value is -2.58. The number of nitro benzene ring substituents is 1. The Morgan fingerprint density at radius 3 is 2.63 bits per heavy atom. The van der Waals surface area contributed by atoms with Crippen LogP contribution in [0.4, 0.5) is 11.4 Å². The van der Waals surface area contributed by atoms with Crippen molar-refractivity contribution in [3.63, 3.8) is 0 Å². The highest BCUT2D eigenvalue weighted by atomic mass is 79.9. The highest BCUT2D eigenvalue weighted by Gasteiger charge is 2.29. The van der Waals surface area contributed by atoms with Gasteiger partial charge in [-0.2, -0.15) is 0 Å². The van der Waals surface area contributed by atoms with Crippen LogP contribution in [0.1, 0.15) is 31.0 Å². The van der Waals surface area contributed by atoms with Gasteiger partial charge < -0.3 is 14.8 Å². The zero-order valence-electron chi connectivity index (χ0n) is 17.6. The first-order chi connectivity index (χ1) is 14.3. The first kappa shape index (κ1) is 22.1. The monoisotopic (exact) mass is 475 g/mol. The third-order valence-corrected chi connectivity index (χ3v) is 5.63. The average molecular weight is 476 g/mol. The SMILES string of the molecule is COc1ccc(C2CNc3c(cc(Br)cc3[N+](=O)[O-])CN2CC=C(C)C)cc1OC. The second kappa shape index (κ2) is 9.49. The highest BCUT2D eigenvalue weighted by molar-refractivity contribution is 9.10. The molecule has 0 bridgehead atoms. The van der Waals surface area contributed by atoms with E-state index in [4.69, 9.17) is 9.47 Å². The minimum absolute atomic E-state index is 0.00816. The molecule has 0 saturated carbocycles. The lowest BCUT2D eigenvalue weighted by Gasteiger charge is -2.29. The summed E-state index contributed by atoms with van der Waals surface area (Å²) >= 11 is 3.42. The van der Waals surface area contributed by atoms with Crippen molar-refractivity contribution in [1.82, 2.24) is 4.90 Å². The Kier molecular flexibility index (Phi) is 6.99. The molecule has 0 fully saturated rings. The molecule has 2 aromatic carbocycles. The molecule has 1 atom stereocenters. The quantitative estimate of drug-likeness (QED) is 0.346. The van der Waals surface area contributed by atoms with Gasteiger partial charge in [-0.15, -0.1) is 0 Å². The molecule has 8 heteroatoms. The molecule has 2 aromatic rings. The summed E-state index contributed by atoms with van der Waals surface area (Å²) < 4.78 is 11.6. The molecule has 0 aromatic heterocycles. The van der Waals surface area contributed by atoms with Crippen LogP contribution in [0.2, 0.25) is 0 Å². The second-order valence-corrected chi connectivity index (χ2v) is 8.35. The number of nitrogens with zero attached hydrogens (tertiary/aromatic N) is 2. The van der Waals surface area contributed by atoms with Crippen LogP contribution in [0, 0.1) is 10.1 Å². The minimum atomic E-state index is -0.340. The molecular formula is C22H26BrN3O4. The van der Waals surface area contributed by atoms with Crippen LogP contribution >= 0.6 is 15.9 Å². The molecule has 0 saturated heterocycles. The number of halogens is 1. The molecule has 160 valence electrons. The summed E-state index contributed by atoms with van der Waals surface area (Å²) in [5.41, 5.74) is 3.82. The molecule has 0 amide bonds. The van der Waals surface area contributed by atoms with Crippen molar-refractivity contribution in [1.29, 1.82) is 0 Å². The molecule has 30 heavy (non-hydrogen) atoms. The van der Waals surface area contributed by atoms with E-state index in [1.165, 1.54) is 5.57 Å². The fourth-order valence-corrected chi connectivity index (χ4v) is 4.15. The van der Waals surface area contributed by atoms with Crippen LogP contribution < -0.4 is 14.8 Å². The van der Waals surface area contributed by atoms with Gasteiger partial charge in [0, 0.05) is 30.2 Å². The Bertz CT molecular complexity index is 973. The second-order valence-electron chi connectivity index (χ2n) is 7.44. The topological polar surface area (TPSA) is 76.9 Å². The van der Waals surface area contributed by atoms with Crippen molar-refractivity contribution < 1.29 is 14.4 Å². The van der Waals surface area contributed by atoms with Gasteiger partial charge in [-0.1, -0.05) is 33.6 Å². The summed E-state index contributed by atoms with van der Waals surface area (Å²) in [6, 6.07) is 9.37. The number of allylic oxidation sites excluding steroid dienone is 1. The Morgan fingerprint density at radius 1 is 1.27 bits per heavy atom. The molecule has 1 N–H and O–H groups in total. The van der Waals surface area contributed by atoms with E-state index in [1.54, 1.807) is 20.3 Å². The molecule has 1 unspecified atom stereocenters. The van der Waals surface area contributed by atoms with Gasteiger partial charge in [0.2, 0.25) is 0 Å². The van der Waals surface area contributed by atoms with E-state index >= 15 is 0 Å². The van der Waals surface area contributed by atoms with Crippen molar-refractivity contribution in [3.8, 4) is 11.5 Å². The normalized spacial score (nSPS) is 16.1. The lowest BCUT2D eigenvalue weighted by atomic mass is 10.0. The predicted octanol–water partition coefficient (Wildman–Crippen LogP) is 5.31. The maximum Gasteiger partial charge on any atom is 0.293 e. The summed E-state index contributed by atoms with van der Waals surface area (Å²) in [4.78, 5) is 13.6. The van der Waals surface area contributed by atoms with E-state index in [0.717, 1.165) is 17.7 Å². The first-order valence-corrected chi connectivity index (χ1v) is 10.4. The van der Waals surface area contributed by atoms with Crippen molar-refractivity contribution in [2.75, 3.05) is 32.6 Å². The maximum absolute atomic E-state index is 11.6. The summed E-state index contributed by atoms with van der Waals surface area (Å²) in [5.74, 6) is 1.33. The van der Waals surface area contributed by atoms with Gasteiger partial charge in [0.15, 0.2) is 11.5 Å². The number of anilines is 1. The van der Waals surface area contributed by atoms with Crippen molar-refractivity contribution in [2.24, 2.45) is 0 Å². The number of methoxy groups -OCH3 is 2. The van der Waals surface area contributed by atoms with Gasteiger partial charge in [-0.05, 0) is 43.2 Å². The third kappa shape index (κ3) is 4.76. The number of nitrogens with one attached hydrogen (secondary N) is 1. The van der Waals surface area contributed by atoms with Gasteiger partial charge in [0.1, 0.15) is 5.69 Å². The van der Waals surface area contributed by atoms with E-state index in [-0.39, 0.29) is 16.7 Å². The van der Waals surface area contributed by atoms with Crippen LogP contribution in [-0.4, -0.2) is 37.1 Å². The fraction of sp³-hybridized carbons (Fsp3) is 0.364. The molecule has 3 rings (SSSR count). The summed E-state index contributed by atoms with van der Waals surface area (Å²) in [6.07, 6.45) is 2.17. The van der Waals surface area contributed by atoms with Gasteiger partial charge in [-0.25, -0.2) is 0 Å². The number of nitro groups is 1. The number of rotatable bonds is 6. The Labute approximate surface area is 184 Å². The Balaban J connectivity index is 2.06. The lowest BCUT2D eigenvalue weighted by molar-refractivity contribution is -0.384. The molecule has 0 radical (unpaired) electrons. The summed E-state index contributed by atoms with van der Waals surface area (Å²) in [5, 5.41) is 15.0. The molecule has 7 nitrogen and oxygen atoms in total. The van der Waals surface area contributed by atoms with E-state index in [2.05, 4.69) is 46.1 Å². The van der Waals surface area contributed by atoms with E-state index in [1.807, 2.05) is 24.3 Å². The highest BCUT2D eigenvalue weighted by Crippen LogP contribution is 2.39. The maximum atomic E-state index is 11.6. The van der Waals surface area contributed by atoms with Crippen LogP contribution in [0.25, 0.3) is 0 Å². The summed E-state index contributed by atoms with van der Waals surface area (Å²) in [7, 11) is 3.23. The van der Waals surface area contributed by atoms with Crippen LogP contribution in [0.5, 0.6) is 11.5 Å². The minimum Gasteiger partial charge on any atom is -0.493 e. The van der Waals surface area contributed by atoms with Crippen LogP contribution in [0.15, 0.2) is 46.5 Å². The van der Waals surface area contributed by atoms with Gasteiger partial charge in [0.25, 0.3) is 5.69 Å². The van der Waals surface area contributed by atoms with Gasteiger partial charge >= 0.3 is 0 Å². The third-order valence-electron chi connectivity index (χ3n) is 5.17. The number of benzene rings is 2. The number of ether oxygens (including phenoxy) is 2. The van der Waals surface area contributed by atoms with Crippen LogP contribution in [0.3, 0.4) is 0 Å². The fourth-order valence-electron chi connectivity index (χ4n) is 3.66. The standard InChI is InChI=1S/C22H26BrN3O4/c1-14(2)7-8-25-13-16-9-17(23)11-18(26(27)28)22(16)24-12-19(25)15-5-6-20(29-3)21(10-15)30-4/h5-7,9-11,19,24H,8,12-13H2,1-4H3. The Morgan fingerprint density at radius 2 is 2.00 bits per heavy atom. The zero-order chi connectivity index (χ0) is 21.8. The number of fused-ring (bicyclic) bond motifs is 1. The first-order valence-electron chi connectivity index (χ1n) is 9.64. The van der Waals surface area contributed by atoms with Crippen molar-refractivity contribution in [2.45, 2.75) is 26.4 Å². The molecule has 1 aliphatic rings. The average Bonchev–Trinajstić information content (AvgIpc) is 2.90. The number of hydrogen-bond acceptors (Lipinski definition) is 6. The number of hydrogen-bond donors (Lipinski definition) is 1. The molecule has 0 spiro atoms. The van der Waals surface area contributed by atoms with Crippen molar-refractivity contribution in [3.05, 3.63) is 67.7 Å². The molecule has 1 heterocycles. The summed E-state index contributed by atoms with van der Waals surface area (Å²) in [6.45, 7) is 5.96. The molecule has 1 aliphatic heterocycles. The molecular weight excluding hydrogens is 450 g/mol. The largest absolute Gasteiger partial charge is 0.493 e. The van der Waals surface area contributed by atoms with Gasteiger partial charge in [0.05, 0.1) is 25.2 Å². The lowest BCUT2D eigenvalue weighted by Crippen LogP contribution is -2.31. The smallest absolute Gasteiger partial charge is 0.293 e. The van der Waals surface area contributed by atoms with E-state index < -0.39 is 0 Å². The van der Waals surface area contributed by atoms with Crippen molar-refractivity contribution >= 4 is 27.3 Å². The predicted molar refractivity (Wildman–Crippen MR) is 121 cm³/mol. The zero-order valence-corrected chi connectivity index (χ0v) is 19.2. The van der Waals surface area contributed by atoms with E-state index in [0.29, 0.717) is 34.7 Å². The van der Waals surface area contributed by atoms with E-state index in [9.17, 15) is 10.1 Å². The van der Waals surface area contributed by atoms with Crippen LogP contribution in [-0.2, 0) is 6.54 Å².